The van der Waals surface area contributed by atoms with Crippen molar-refractivity contribution in [3.63, 3.8) is 0 Å². The second-order valence-electron chi connectivity index (χ2n) is 4.11. The van der Waals surface area contributed by atoms with E-state index in [0.29, 0.717) is 17.5 Å². The lowest BCUT2D eigenvalue weighted by Crippen LogP contribution is -3.05. The van der Waals surface area contributed by atoms with Crippen molar-refractivity contribution in [2.24, 2.45) is 20.2 Å². The van der Waals surface area contributed by atoms with Crippen LogP contribution in [0.4, 0.5) is 5.69 Å². The third kappa shape index (κ3) is 3.34. The lowest BCUT2D eigenvalue weighted by Gasteiger charge is -2.03. The monoisotopic (exact) mass is 326 g/mol. The molecule has 0 aliphatic carbocycles. The summed E-state index contributed by atoms with van der Waals surface area (Å²) in [6.07, 6.45) is 5.02. The first kappa shape index (κ1) is 15.3. The van der Waals surface area contributed by atoms with Crippen molar-refractivity contribution in [2.45, 2.75) is 4.90 Å². The summed E-state index contributed by atoms with van der Waals surface area (Å²) in [4.78, 5) is 8.27. The van der Waals surface area contributed by atoms with Gasteiger partial charge in [-0.25, -0.2) is 13.6 Å². The molecule has 0 amide bonds. The lowest BCUT2D eigenvalue weighted by molar-refractivity contribution is -0.748. The van der Waals surface area contributed by atoms with E-state index in [0.717, 1.165) is 5.01 Å². The Balaban J connectivity index is 0.00000161. The van der Waals surface area contributed by atoms with Gasteiger partial charge in [0.15, 0.2) is 0 Å². The molecule has 3 rings (SSSR count). The van der Waals surface area contributed by atoms with Gasteiger partial charge in [-0.3, -0.25) is 4.99 Å². The van der Waals surface area contributed by atoms with Crippen molar-refractivity contribution in [1.29, 1.82) is 0 Å². The highest BCUT2D eigenvalue weighted by Crippen LogP contribution is 2.13. The number of fused-ring (bicyclic) bond motifs is 1. The van der Waals surface area contributed by atoms with Crippen molar-refractivity contribution in [3.05, 3.63) is 36.7 Å². The van der Waals surface area contributed by atoms with Gasteiger partial charge in [0.2, 0.25) is 10.0 Å². The first-order valence-electron chi connectivity index (χ1n) is 5.67. The van der Waals surface area contributed by atoms with E-state index in [1.807, 2.05) is 0 Å². The molecular formula is C11H11ClN6O2S. The van der Waals surface area contributed by atoms with Gasteiger partial charge in [0.05, 0.1) is 11.1 Å². The van der Waals surface area contributed by atoms with Crippen LogP contribution in [0.15, 0.2) is 56.6 Å². The minimum Gasteiger partial charge on any atom is -1.00 e. The zero-order valence-electron chi connectivity index (χ0n) is 10.6. The van der Waals surface area contributed by atoms with Crippen LogP contribution in [0.2, 0.25) is 0 Å². The molecule has 0 fully saturated rings. The number of quaternary nitrogens is 1. The van der Waals surface area contributed by atoms with Crippen molar-refractivity contribution in [2.75, 3.05) is 5.32 Å². The predicted molar refractivity (Wildman–Crippen MR) is 74.9 cm³/mol. The average Bonchev–Trinajstić information content (AvgIpc) is 2.80. The number of halogens is 1. The third-order valence-electron chi connectivity index (χ3n) is 2.67. The summed E-state index contributed by atoms with van der Waals surface area (Å²) in [7, 11) is -3.68. The van der Waals surface area contributed by atoms with Crippen molar-refractivity contribution in [1.82, 2.24) is 0 Å². The highest BCUT2D eigenvalue weighted by molar-refractivity contribution is 7.89. The Hall–Kier alpha value is -2.07. The predicted octanol–water partition coefficient (Wildman–Crippen LogP) is -4.13. The number of hydrogen-bond acceptors (Lipinski definition) is 6. The number of nitrogens with zero attached hydrogens (tertiary/aromatic N) is 3. The molecule has 2 aliphatic heterocycles. The third-order valence-corrected chi connectivity index (χ3v) is 3.60. The Labute approximate surface area is 127 Å². The summed E-state index contributed by atoms with van der Waals surface area (Å²) < 4.78 is 22.3. The number of guanidine groups is 1. The molecule has 0 saturated carbocycles. The van der Waals surface area contributed by atoms with Crippen LogP contribution in [0.1, 0.15) is 0 Å². The van der Waals surface area contributed by atoms with Crippen LogP contribution in [0, 0.1) is 0 Å². The topological polar surface area (TPSA) is 114 Å². The van der Waals surface area contributed by atoms with E-state index >= 15 is 0 Å². The van der Waals surface area contributed by atoms with Gasteiger partial charge in [0.25, 0.3) is 11.8 Å². The van der Waals surface area contributed by atoms with E-state index in [-0.39, 0.29) is 17.3 Å². The Bertz CT molecular complexity index is 766. The number of amidine groups is 1. The van der Waals surface area contributed by atoms with Crippen LogP contribution < -0.4 is 27.9 Å². The maximum atomic E-state index is 11.1. The van der Waals surface area contributed by atoms with E-state index in [2.05, 4.69) is 20.4 Å². The van der Waals surface area contributed by atoms with Crippen LogP contribution >= 0.6 is 0 Å². The van der Waals surface area contributed by atoms with Gasteiger partial charge in [-0.15, -0.1) is 5.01 Å². The van der Waals surface area contributed by atoms with Crippen molar-refractivity contribution >= 4 is 33.7 Å². The van der Waals surface area contributed by atoms with E-state index in [4.69, 9.17) is 5.14 Å². The largest absolute Gasteiger partial charge is 1.00 e. The fraction of sp³-hybridized carbons (Fsp3) is 0. The number of nitrogens with one attached hydrogen (secondary N) is 2. The molecule has 0 radical (unpaired) electrons. The molecule has 8 nitrogen and oxygen atoms in total. The Kier molecular flexibility index (Phi) is 4.19. The fourth-order valence-corrected chi connectivity index (χ4v) is 2.24. The summed E-state index contributed by atoms with van der Waals surface area (Å²) in [6, 6.07) is 6.03. The van der Waals surface area contributed by atoms with E-state index in [1.165, 1.54) is 12.1 Å². The quantitative estimate of drug-likeness (QED) is 0.513. The molecule has 21 heavy (non-hydrogen) atoms. The van der Waals surface area contributed by atoms with E-state index in [1.54, 1.807) is 30.7 Å². The van der Waals surface area contributed by atoms with Crippen molar-refractivity contribution < 1.29 is 25.8 Å². The first-order chi connectivity index (χ1) is 9.52. The van der Waals surface area contributed by atoms with Gasteiger partial charge >= 0.3 is 0 Å². The van der Waals surface area contributed by atoms with Crippen LogP contribution in [0.3, 0.4) is 0 Å². The molecule has 1 aromatic rings. The van der Waals surface area contributed by atoms with Gasteiger partial charge in [0.1, 0.15) is 12.4 Å². The summed E-state index contributed by atoms with van der Waals surface area (Å²) in [6.45, 7) is 0. The molecular weight excluding hydrogens is 316 g/mol. The minimum atomic E-state index is -3.68. The molecule has 2 heterocycles. The zero-order valence-corrected chi connectivity index (χ0v) is 12.1. The first-order valence-corrected chi connectivity index (χ1v) is 7.21. The van der Waals surface area contributed by atoms with E-state index < -0.39 is 10.0 Å². The number of anilines is 1. The molecule has 0 bridgehead atoms. The fourth-order valence-electron chi connectivity index (χ4n) is 1.73. The molecule has 1 aromatic carbocycles. The lowest BCUT2D eigenvalue weighted by atomic mass is 10.3. The molecule has 0 aromatic heterocycles. The van der Waals surface area contributed by atoms with Gasteiger partial charge in [-0.1, -0.05) is 0 Å². The Morgan fingerprint density at radius 3 is 2.52 bits per heavy atom. The molecule has 110 valence electrons. The number of sulfonamides is 1. The summed E-state index contributed by atoms with van der Waals surface area (Å²) in [5, 5.41) is 13.0. The molecule has 1 unspecified atom stereocenters. The summed E-state index contributed by atoms with van der Waals surface area (Å²) in [5.74, 6) is 1.12. The standard InChI is InChI=1S/C11H10N6O2S.ClH/c12-20(18,19)9-3-1-8(2-4-9)14-11-15-10-7-13-5-6-17(10)16-11;/h1-7H,(H,14,16)(H2,12,18,19);1H. The second-order valence-corrected chi connectivity index (χ2v) is 5.67. The van der Waals surface area contributed by atoms with Crippen molar-refractivity contribution in [3.8, 4) is 0 Å². The number of nitrogens with two attached hydrogens (primary N) is 1. The number of primary sulfonamides is 1. The molecule has 10 heteroatoms. The van der Waals surface area contributed by atoms with Crippen LogP contribution in [-0.4, -0.2) is 26.4 Å². The number of aliphatic imine (C=N–C) groups is 2. The number of hydrogen-bond donors (Lipinski definition) is 3. The second kappa shape index (κ2) is 5.74. The highest BCUT2D eigenvalue weighted by Gasteiger charge is 2.24. The number of benzene rings is 1. The van der Waals surface area contributed by atoms with Gasteiger partial charge in [0, 0.05) is 5.69 Å². The van der Waals surface area contributed by atoms with Gasteiger partial charge in [-0.2, -0.15) is 4.99 Å². The highest BCUT2D eigenvalue weighted by atomic mass is 35.5. The maximum Gasteiger partial charge on any atom is 0.286 e. The Morgan fingerprint density at radius 1 is 1.19 bits per heavy atom. The maximum absolute atomic E-state index is 11.1. The minimum absolute atomic E-state index is 0. The zero-order chi connectivity index (χ0) is 14.2. The van der Waals surface area contributed by atoms with Crippen LogP contribution in [-0.2, 0) is 10.0 Å². The molecule has 2 aliphatic rings. The van der Waals surface area contributed by atoms with E-state index in [9.17, 15) is 8.42 Å². The van der Waals surface area contributed by atoms with Gasteiger partial charge in [-0.05, 0) is 29.4 Å². The van der Waals surface area contributed by atoms with Gasteiger partial charge < -0.3 is 17.7 Å². The summed E-state index contributed by atoms with van der Waals surface area (Å²) >= 11 is 0. The molecule has 0 saturated heterocycles. The number of rotatable bonds is 2. The van der Waals surface area contributed by atoms with Crippen LogP contribution in [0.5, 0.6) is 0 Å². The SMILES string of the molecule is NS(=O)(=O)c1ccc(NC2=N[NH+]3C=CN=CC3=N2)cc1.[Cl-]. The molecule has 4 N–H and O–H groups in total. The molecule has 1 atom stereocenters. The van der Waals surface area contributed by atoms with Crippen LogP contribution in [0.25, 0.3) is 0 Å². The summed E-state index contributed by atoms with van der Waals surface area (Å²) in [5.41, 5.74) is 0.667. The molecule has 0 spiro atoms. The average molecular weight is 327 g/mol. The smallest absolute Gasteiger partial charge is 0.286 e. The Morgan fingerprint density at radius 2 is 1.90 bits per heavy atom. The normalized spacial score (nSPS) is 19.4.